The van der Waals surface area contributed by atoms with Crippen LogP contribution in [0.5, 0.6) is 11.5 Å². The molecule has 1 atom stereocenters. The Kier molecular flexibility index (Phi) is 9.18. The lowest BCUT2D eigenvalue weighted by molar-refractivity contribution is 0.0901. The standard InChI is InChI=1S/C26H38N2O4/c1-19(2)21-7-5-20(6-8-21)18-28-14-11-22(12-15-28)32-25-17-23(31-4)9-10-24(25)26(29)27-13-16-30-3/h5,9-10,17,21-22H,1,6-8,11-16,18H2,2-4H3,(H,27,29)/t21-/m1/s1. The molecular weight excluding hydrogens is 404 g/mol. The van der Waals surface area contributed by atoms with E-state index in [0.717, 1.165) is 38.9 Å². The Morgan fingerprint density at radius 3 is 2.62 bits per heavy atom. The summed E-state index contributed by atoms with van der Waals surface area (Å²) in [6.45, 7) is 10.3. The number of benzene rings is 1. The molecule has 6 heteroatoms. The molecule has 0 aromatic heterocycles. The van der Waals surface area contributed by atoms with Gasteiger partial charge in [0.25, 0.3) is 5.91 Å². The second-order valence-corrected chi connectivity index (χ2v) is 8.88. The second kappa shape index (κ2) is 12.1. The molecule has 1 aromatic rings. The van der Waals surface area contributed by atoms with Gasteiger partial charge < -0.3 is 19.5 Å². The molecule has 1 heterocycles. The van der Waals surface area contributed by atoms with Crippen molar-refractivity contribution in [1.82, 2.24) is 10.2 Å². The average molecular weight is 443 g/mol. The minimum absolute atomic E-state index is 0.0945. The third-order valence-corrected chi connectivity index (χ3v) is 6.48. The molecule has 1 saturated heterocycles. The van der Waals surface area contributed by atoms with Crippen LogP contribution in [0.15, 0.2) is 42.0 Å². The highest BCUT2D eigenvalue weighted by molar-refractivity contribution is 5.97. The van der Waals surface area contributed by atoms with Gasteiger partial charge in [0.05, 0.1) is 19.3 Å². The first-order chi connectivity index (χ1) is 15.5. The Morgan fingerprint density at radius 1 is 1.22 bits per heavy atom. The predicted octanol–water partition coefficient (Wildman–Crippen LogP) is 4.22. The third kappa shape index (κ3) is 6.84. The van der Waals surface area contributed by atoms with Gasteiger partial charge in [-0.05, 0) is 57.1 Å². The molecule has 1 N–H and O–H groups in total. The van der Waals surface area contributed by atoms with Gasteiger partial charge in [-0.2, -0.15) is 0 Å². The van der Waals surface area contributed by atoms with Crippen LogP contribution in [-0.2, 0) is 4.74 Å². The van der Waals surface area contributed by atoms with Crippen molar-refractivity contribution in [2.75, 3.05) is 47.0 Å². The van der Waals surface area contributed by atoms with Gasteiger partial charge in [0.1, 0.15) is 17.6 Å². The SMILES string of the molecule is C=C(C)[C@@H]1CC=C(CN2CCC(Oc3cc(OC)ccc3C(=O)NCCOC)CC2)CC1. The Morgan fingerprint density at radius 2 is 2.00 bits per heavy atom. The summed E-state index contributed by atoms with van der Waals surface area (Å²) >= 11 is 0. The van der Waals surface area contributed by atoms with Crippen molar-refractivity contribution in [3.05, 3.63) is 47.6 Å². The highest BCUT2D eigenvalue weighted by Gasteiger charge is 2.24. The maximum atomic E-state index is 12.6. The van der Waals surface area contributed by atoms with E-state index in [1.165, 1.54) is 18.4 Å². The lowest BCUT2D eigenvalue weighted by Gasteiger charge is -2.34. The first-order valence-electron chi connectivity index (χ1n) is 11.7. The Hall–Kier alpha value is -2.31. The first-order valence-corrected chi connectivity index (χ1v) is 11.7. The molecule has 32 heavy (non-hydrogen) atoms. The number of piperidine rings is 1. The Balaban J connectivity index is 1.54. The minimum Gasteiger partial charge on any atom is -0.497 e. The zero-order valence-electron chi connectivity index (χ0n) is 19.8. The molecule has 6 nitrogen and oxygen atoms in total. The number of nitrogens with one attached hydrogen (secondary N) is 1. The molecular formula is C26H38N2O4. The van der Waals surface area contributed by atoms with Gasteiger partial charge in [-0.25, -0.2) is 0 Å². The molecule has 0 unspecified atom stereocenters. The van der Waals surface area contributed by atoms with Gasteiger partial charge in [0, 0.05) is 39.4 Å². The van der Waals surface area contributed by atoms with E-state index < -0.39 is 0 Å². The zero-order valence-corrected chi connectivity index (χ0v) is 19.8. The number of allylic oxidation sites excluding steroid dienone is 2. The van der Waals surface area contributed by atoms with Gasteiger partial charge >= 0.3 is 0 Å². The molecule has 0 saturated carbocycles. The highest BCUT2D eigenvalue weighted by Crippen LogP contribution is 2.30. The molecule has 3 rings (SSSR count). The number of rotatable bonds is 10. The Labute approximate surface area is 192 Å². The monoisotopic (exact) mass is 442 g/mol. The number of hydrogen-bond acceptors (Lipinski definition) is 5. The quantitative estimate of drug-likeness (QED) is 0.434. The normalized spacial score (nSPS) is 19.8. The van der Waals surface area contributed by atoms with Crippen molar-refractivity contribution in [3.63, 3.8) is 0 Å². The zero-order chi connectivity index (χ0) is 22.9. The lowest BCUT2D eigenvalue weighted by Crippen LogP contribution is -2.39. The molecule has 0 bridgehead atoms. The van der Waals surface area contributed by atoms with Gasteiger partial charge in [-0.1, -0.05) is 23.8 Å². The number of hydrogen-bond donors (Lipinski definition) is 1. The summed E-state index contributed by atoms with van der Waals surface area (Å²) in [5.41, 5.74) is 3.40. The largest absolute Gasteiger partial charge is 0.497 e. The fraction of sp³-hybridized carbons (Fsp3) is 0.577. The third-order valence-electron chi connectivity index (χ3n) is 6.48. The summed E-state index contributed by atoms with van der Waals surface area (Å²) in [5, 5.41) is 2.87. The molecule has 1 amide bonds. The van der Waals surface area contributed by atoms with Gasteiger partial charge in [0.2, 0.25) is 0 Å². The number of likely N-dealkylation sites (tertiary alicyclic amines) is 1. The van der Waals surface area contributed by atoms with E-state index in [2.05, 4.69) is 29.8 Å². The van der Waals surface area contributed by atoms with Crippen LogP contribution >= 0.6 is 0 Å². The van der Waals surface area contributed by atoms with Crippen LogP contribution in [0.25, 0.3) is 0 Å². The van der Waals surface area contributed by atoms with Crippen LogP contribution < -0.4 is 14.8 Å². The van der Waals surface area contributed by atoms with Crippen molar-refractivity contribution >= 4 is 5.91 Å². The number of methoxy groups -OCH3 is 2. The number of carbonyl (C=O) groups is 1. The molecule has 1 aliphatic heterocycles. The van der Waals surface area contributed by atoms with Crippen molar-refractivity contribution in [2.24, 2.45) is 5.92 Å². The average Bonchev–Trinajstić information content (AvgIpc) is 2.80. The van der Waals surface area contributed by atoms with Crippen molar-refractivity contribution in [3.8, 4) is 11.5 Å². The molecule has 1 fully saturated rings. The van der Waals surface area contributed by atoms with Crippen LogP contribution in [-0.4, -0.2) is 63.9 Å². The molecule has 1 aromatic carbocycles. The first kappa shape index (κ1) is 24.3. The molecule has 0 radical (unpaired) electrons. The number of ether oxygens (including phenoxy) is 3. The molecule has 0 spiro atoms. The summed E-state index contributed by atoms with van der Waals surface area (Å²) in [6.07, 6.45) is 7.96. The van der Waals surface area contributed by atoms with E-state index in [1.54, 1.807) is 31.9 Å². The van der Waals surface area contributed by atoms with Gasteiger partial charge in [-0.15, -0.1) is 0 Å². The fourth-order valence-corrected chi connectivity index (χ4v) is 4.41. The van der Waals surface area contributed by atoms with Crippen LogP contribution in [0, 0.1) is 5.92 Å². The summed E-state index contributed by atoms with van der Waals surface area (Å²) in [5.74, 6) is 1.76. The van der Waals surface area contributed by atoms with Crippen LogP contribution in [0.1, 0.15) is 49.4 Å². The van der Waals surface area contributed by atoms with Crippen molar-refractivity contribution in [1.29, 1.82) is 0 Å². The fourth-order valence-electron chi connectivity index (χ4n) is 4.41. The van der Waals surface area contributed by atoms with Gasteiger partial charge in [-0.3, -0.25) is 9.69 Å². The number of amides is 1. The summed E-state index contributed by atoms with van der Waals surface area (Å²) in [6, 6.07) is 5.36. The topological polar surface area (TPSA) is 60.0 Å². The minimum atomic E-state index is -0.158. The van der Waals surface area contributed by atoms with E-state index >= 15 is 0 Å². The van der Waals surface area contributed by atoms with Crippen molar-refractivity contribution in [2.45, 2.75) is 45.1 Å². The maximum absolute atomic E-state index is 12.6. The lowest BCUT2D eigenvalue weighted by atomic mass is 9.85. The van der Waals surface area contributed by atoms with E-state index in [0.29, 0.717) is 36.1 Å². The molecule has 176 valence electrons. The van der Waals surface area contributed by atoms with E-state index in [4.69, 9.17) is 14.2 Å². The van der Waals surface area contributed by atoms with E-state index in [-0.39, 0.29) is 12.0 Å². The summed E-state index contributed by atoms with van der Waals surface area (Å²) < 4.78 is 16.7. The van der Waals surface area contributed by atoms with Crippen LogP contribution in [0.3, 0.4) is 0 Å². The number of nitrogens with zero attached hydrogens (tertiary/aromatic N) is 1. The van der Waals surface area contributed by atoms with Crippen molar-refractivity contribution < 1.29 is 19.0 Å². The summed E-state index contributed by atoms with van der Waals surface area (Å²) in [4.78, 5) is 15.1. The number of carbonyl (C=O) groups excluding carboxylic acids is 1. The smallest absolute Gasteiger partial charge is 0.255 e. The van der Waals surface area contributed by atoms with E-state index in [9.17, 15) is 4.79 Å². The van der Waals surface area contributed by atoms with Gasteiger partial charge in [0.15, 0.2) is 0 Å². The Bertz CT molecular complexity index is 812. The predicted molar refractivity (Wildman–Crippen MR) is 128 cm³/mol. The van der Waals surface area contributed by atoms with Crippen LogP contribution in [0.2, 0.25) is 0 Å². The van der Waals surface area contributed by atoms with Crippen LogP contribution in [0.4, 0.5) is 0 Å². The molecule has 1 aliphatic carbocycles. The van der Waals surface area contributed by atoms with E-state index in [1.807, 2.05) is 6.07 Å². The maximum Gasteiger partial charge on any atom is 0.255 e. The highest BCUT2D eigenvalue weighted by atomic mass is 16.5. The molecule has 2 aliphatic rings. The summed E-state index contributed by atoms with van der Waals surface area (Å²) in [7, 11) is 3.23. The second-order valence-electron chi connectivity index (χ2n) is 8.88.